The minimum atomic E-state index is -3.65. The molecule has 2 amide bonds. The lowest BCUT2D eigenvalue weighted by Crippen LogP contribution is -2.50. The van der Waals surface area contributed by atoms with E-state index in [1.54, 1.807) is 4.90 Å². The van der Waals surface area contributed by atoms with Crippen LogP contribution in [0.4, 0.5) is 0 Å². The molecule has 2 heterocycles. The van der Waals surface area contributed by atoms with Gasteiger partial charge in [-0.2, -0.15) is 17.0 Å². The Kier molecular flexibility index (Phi) is 8.02. The van der Waals surface area contributed by atoms with Gasteiger partial charge in [0, 0.05) is 45.5 Å². The molecule has 0 radical (unpaired) electrons. The van der Waals surface area contributed by atoms with Gasteiger partial charge in [0.25, 0.3) is 10.2 Å². The summed E-state index contributed by atoms with van der Waals surface area (Å²) in [5.74, 6) is -0.425. The van der Waals surface area contributed by atoms with E-state index < -0.39 is 16.1 Å². The highest BCUT2D eigenvalue weighted by molar-refractivity contribution is 7.86. The SMILES string of the molecule is CN(C)S(=O)(=O)N(C)CC(=O)NC1C=CCN(C(=O)CCc2ccc(Cl)s2)C1. The number of amides is 2. The van der Waals surface area contributed by atoms with Crippen LogP contribution in [0.5, 0.6) is 0 Å². The number of nitrogens with one attached hydrogen (secondary N) is 1. The number of hydrogen-bond acceptors (Lipinski definition) is 5. The van der Waals surface area contributed by atoms with Crippen molar-refractivity contribution < 1.29 is 18.0 Å². The van der Waals surface area contributed by atoms with Crippen LogP contribution in [0.2, 0.25) is 4.34 Å². The summed E-state index contributed by atoms with van der Waals surface area (Å²) in [7, 11) is 0.499. The predicted molar refractivity (Wildman–Crippen MR) is 111 cm³/mol. The van der Waals surface area contributed by atoms with Crippen LogP contribution in [0, 0.1) is 0 Å². The molecule has 0 aromatic carbocycles. The molecule has 0 fully saturated rings. The highest BCUT2D eigenvalue weighted by atomic mass is 35.5. The maximum atomic E-state index is 12.5. The van der Waals surface area contributed by atoms with Gasteiger partial charge < -0.3 is 10.2 Å². The summed E-state index contributed by atoms with van der Waals surface area (Å²) in [4.78, 5) is 27.4. The van der Waals surface area contributed by atoms with E-state index in [2.05, 4.69) is 5.32 Å². The minimum absolute atomic E-state index is 0.000394. The van der Waals surface area contributed by atoms with Crippen molar-refractivity contribution in [3.05, 3.63) is 33.5 Å². The number of thiophene rings is 1. The highest BCUT2D eigenvalue weighted by Gasteiger charge is 2.25. The lowest BCUT2D eigenvalue weighted by Gasteiger charge is -2.30. The molecule has 1 aliphatic rings. The molecule has 1 aromatic heterocycles. The van der Waals surface area contributed by atoms with Crippen LogP contribution in [0.1, 0.15) is 11.3 Å². The van der Waals surface area contributed by atoms with Crippen molar-refractivity contribution in [3.63, 3.8) is 0 Å². The predicted octanol–water partition coefficient (Wildman–Crippen LogP) is 0.956. The first-order valence-corrected chi connectivity index (χ1v) is 11.3. The summed E-state index contributed by atoms with van der Waals surface area (Å²) in [5.41, 5.74) is 0. The van der Waals surface area contributed by atoms with Crippen LogP contribution >= 0.6 is 22.9 Å². The molecule has 1 N–H and O–H groups in total. The number of nitrogens with zero attached hydrogens (tertiary/aromatic N) is 3. The first-order chi connectivity index (χ1) is 13.1. The molecule has 1 aromatic rings. The van der Waals surface area contributed by atoms with Gasteiger partial charge in [0.2, 0.25) is 11.8 Å². The summed E-state index contributed by atoms with van der Waals surface area (Å²) in [5, 5.41) is 2.76. The Morgan fingerprint density at radius 1 is 1.32 bits per heavy atom. The zero-order chi connectivity index (χ0) is 20.9. The molecule has 11 heteroatoms. The lowest BCUT2D eigenvalue weighted by atomic mass is 10.1. The maximum Gasteiger partial charge on any atom is 0.281 e. The number of hydrogen-bond donors (Lipinski definition) is 1. The van der Waals surface area contributed by atoms with Gasteiger partial charge >= 0.3 is 0 Å². The molecule has 1 aliphatic heterocycles. The second-order valence-corrected chi connectivity index (χ2v) is 10.7. The lowest BCUT2D eigenvalue weighted by molar-refractivity contribution is -0.131. The third-order valence-corrected chi connectivity index (χ3v) is 7.38. The van der Waals surface area contributed by atoms with Crippen molar-refractivity contribution in [1.29, 1.82) is 0 Å². The largest absolute Gasteiger partial charge is 0.347 e. The zero-order valence-corrected chi connectivity index (χ0v) is 18.5. The van der Waals surface area contributed by atoms with Crippen LogP contribution in [-0.2, 0) is 26.2 Å². The van der Waals surface area contributed by atoms with E-state index in [0.29, 0.717) is 30.3 Å². The van der Waals surface area contributed by atoms with E-state index >= 15 is 0 Å². The molecule has 0 saturated carbocycles. The quantitative estimate of drug-likeness (QED) is 0.599. The van der Waals surface area contributed by atoms with E-state index in [1.165, 1.54) is 32.5 Å². The van der Waals surface area contributed by atoms with Gasteiger partial charge in [0.1, 0.15) is 0 Å². The van der Waals surface area contributed by atoms with Gasteiger partial charge in [0.05, 0.1) is 16.9 Å². The van der Waals surface area contributed by atoms with Crippen molar-refractivity contribution in [3.8, 4) is 0 Å². The topological polar surface area (TPSA) is 90.0 Å². The Labute approximate surface area is 174 Å². The third kappa shape index (κ3) is 6.28. The Morgan fingerprint density at radius 2 is 2.04 bits per heavy atom. The molecule has 8 nitrogen and oxygen atoms in total. The molecule has 0 aliphatic carbocycles. The van der Waals surface area contributed by atoms with Gasteiger partial charge in [-0.15, -0.1) is 11.3 Å². The molecule has 28 heavy (non-hydrogen) atoms. The number of halogens is 1. The summed E-state index contributed by atoms with van der Waals surface area (Å²) in [6.07, 6.45) is 4.64. The first kappa shape index (κ1) is 22.8. The monoisotopic (exact) mass is 448 g/mol. The van der Waals surface area contributed by atoms with Gasteiger partial charge in [-0.05, 0) is 18.6 Å². The van der Waals surface area contributed by atoms with Crippen LogP contribution in [-0.4, -0.2) is 80.6 Å². The smallest absolute Gasteiger partial charge is 0.281 e. The van der Waals surface area contributed by atoms with Crippen LogP contribution < -0.4 is 5.32 Å². The Bertz CT molecular complexity index is 838. The summed E-state index contributed by atoms with van der Waals surface area (Å²) in [6, 6.07) is 3.38. The fraction of sp³-hybridized carbons (Fsp3) is 0.529. The van der Waals surface area contributed by atoms with Gasteiger partial charge in [-0.25, -0.2) is 0 Å². The molecule has 2 rings (SSSR count). The number of likely N-dealkylation sites (N-methyl/N-ethyl adjacent to an activating group) is 1. The normalized spacial score (nSPS) is 17.4. The maximum absolute atomic E-state index is 12.5. The molecule has 0 spiro atoms. The van der Waals surface area contributed by atoms with Gasteiger partial charge in [-0.1, -0.05) is 23.8 Å². The van der Waals surface area contributed by atoms with E-state index in [1.807, 2.05) is 24.3 Å². The standard InChI is InChI=1S/C17H25ClN4O4S2/c1-20(2)28(25,26)21(3)12-16(23)19-13-5-4-10-22(11-13)17(24)9-7-14-6-8-15(18)27-14/h4-6,8,13H,7,9-12H2,1-3H3,(H,19,23). The number of carbonyl (C=O) groups is 2. The summed E-state index contributed by atoms with van der Waals surface area (Å²) >= 11 is 7.36. The molecule has 1 atom stereocenters. The minimum Gasteiger partial charge on any atom is -0.347 e. The van der Waals surface area contributed by atoms with E-state index in [-0.39, 0.29) is 18.5 Å². The number of aryl methyl sites for hydroxylation is 1. The fourth-order valence-electron chi connectivity index (χ4n) is 2.71. The van der Waals surface area contributed by atoms with E-state index in [0.717, 1.165) is 13.5 Å². The molecule has 0 bridgehead atoms. The molecular formula is C17H25ClN4O4S2. The van der Waals surface area contributed by atoms with Crippen molar-refractivity contribution in [1.82, 2.24) is 18.8 Å². The fourth-order valence-corrected chi connectivity index (χ4v) is 4.64. The van der Waals surface area contributed by atoms with Crippen molar-refractivity contribution >= 4 is 45.0 Å². The van der Waals surface area contributed by atoms with Crippen LogP contribution in [0.15, 0.2) is 24.3 Å². The van der Waals surface area contributed by atoms with Crippen molar-refractivity contribution in [2.75, 3.05) is 40.8 Å². The number of rotatable bonds is 8. The molecule has 156 valence electrons. The molecular weight excluding hydrogens is 424 g/mol. The average Bonchev–Trinajstić information content (AvgIpc) is 3.04. The van der Waals surface area contributed by atoms with Crippen molar-refractivity contribution in [2.24, 2.45) is 0 Å². The Morgan fingerprint density at radius 3 is 2.64 bits per heavy atom. The average molecular weight is 449 g/mol. The van der Waals surface area contributed by atoms with Crippen LogP contribution in [0.3, 0.4) is 0 Å². The summed E-state index contributed by atoms with van der Waals surface area (Å²) in [6.45, 7) is 0.555. The third-order valence-electron chi connectivity index (χ3n) is 4.25. The van der Waals surface area contributed by atoms with Crippen LogP contribution in [0.25, 0.3) is 0 Å². The van der Waals surface area contributed by atoms with Gasteiger partial charge in [0.15, 0.2) is 0 Å². The Balaban J connectivity index is 1.83. The second-order valence-electron chi connectivity index (χ2n) is 6.65. The number of carbonyl (C=O) groups excluding carboxylic acids is 2. The molecule has 1 unspecified atom stereocenters. The zero-order valence-electron chi connectivity index (χ0n) is 16.1. The second kappa shape index (κ2) is 9.84. The summed E-state index contributed by atoms with van der Waals surface area (Å²) < 4.78 is 26.7. The van der Waals surface area contributed by atoms with Gasteiger partial charge in [-0.3, -0.25) is 9.59 Å². The van der Waals surface area contributed by atoms with Crippen molar-refractivity contribution in [2.45, 2.75) is 18.9 Å². The first-order valence-electron chi connectivity index (χ1n) is 8.71. The van der Waals surface area contributed by atoms with E-state index in [4.69, 9.17) is 11.6 Å². The highest BCUT2D eigenvalue weighted by Crippen LogP contribution is 2.22. The molecule has 0 saturated heterocycles. The Hall–Kier alpha value is -1.46. The van der Waals surface area contributed by atoms with E-state index in [9.17, 15) is 18.0 Å².